The van der Waals surface area contributed by atoms with Gasteiger partial charge in [-0.1, -0.05) is 75.9 Å². The van der Waals surface area contributed by atoms with Crippen LogP contribution in [0.2, 0.25) is 0 Å². The van der Waals surface area contributed by atoms with Crippen molar-refractivity contribution in [2.75, 3.05) is 0 Å². The van der Waals surface area contributed by atoms with Gasteiger partial charge in [-0.2, -0.15) is 0 Å². The Kier molecular flexibility index (Phi) is 10.4. The van der Waals surface area contributed by atoms with Gasteiger partial charge in [0.25, 0.3) is 0 Å². The second-order valence-electron chi connectivity index (χ2n) is 5.69. The highest BCUT2D eigenvalue weighted by Gasteiger charge is 2.04. The lowest BCUT2D eigenvalue weighted by Gasteiger charge is -2.04. The van der Waals surface area contributed by atoms with Gasteiger partial charge in [0.1, 0.15) is 5.71 Å². The minimum Gasteiger partial charge on any atom is -0.411 e. The van der Waals surface area contributed by atoms with Crippen molar-refractivity contribution in [1.82, 2.24) is 4.98 Å². The van der Waals surface area contributed by atoms with Crippen LogP contribution in [-0.4, -0.2) is 15.9 Å². The van der Waals surface area contributed by atoms with Gasteiger partial charge in [0, 0.05) is 6.20 Å². The first-order chi connectivity index (χ1) is 10.4. The Morgan fingerprint density at radius 1 is 0.952 bits per heavy atom. The maximum atomic E-state index is 9.07. The van der Waals surface area contributed by atoms with E-state index in [1.165, 1.54) is 57.8 Å². The molecule has 0 aliphatic rings. The average molecular weight is 290 g/mol. The fourth-order valence-corrected chi connectivity index (χ4v) is 2.54. The summed E-state index contributed by atoms with van der Waals surface area (Å²) < 4.78 is 0. The van der Waals surface area contributed by atoms with Gasteiger partial charge in [0.15, 0.2) is 0 Å². The summed E-state index contributed by atoms with van der Waals surface area (Å²) in [6, 6.07) is 5.69. The van der Waals surface area contributed by atoms with E-state index >= 15 is 0 Å². The highest BCUT2D eigenvalue weighted by Crippen LogP contribution is 2.12. The molecule has 1 N–H and O–H groups in total. The Balaban J connectivity index is 2.01. The molecule has 0 spiro atoms. The molecule has 1 aromatic heterocycles. The lowest BCUT2D eigenvalue weighted by molar-refractivity contribution is 0.317. The van der Waals surface area contributed by atoms with Crippen LogP contribution in [0.25, 0.3) is 0 Å². The third kappa shape index (κ3) is 8.49. The molecule has 1 aromatic rings. The van der Waals surface area contributed by atoms with E-state index in [0.29, 0.717) is 5.71 Å². The molecule has 0 aliphatic heterocycles. The van der Waals surface area contributed by atoms with E-state index in [1.807, 2.05) is 18.2 Å². The quantitative estimate of drug-likeness (QED) is 0.237. The predicted molar refractivity (Wildman–Crippen MR) is 89.0 cm³/mol. The van der Waals surface area contributed by atoms with Crippen molar-refractivity contribution < 1.29 is 5.21 Å². The van der Waals surface area contributed by atoms with Gasteiger partial charge in [-0.15, -0.1) is 0 Å². The molecule has 0 saturated carbocycles. The molecular weight excluding hydrogens is 260 g/mol. The number of pyridine rings is 1. The summed E-state index contributed by atoms with van der Waals surface area (Å²) in [5.41, 5.74) is 1.49. The zero-order valence-electron chi connectivity index (χ0n) is 13.4. The predicted octanol–water partition coefficient (Wildman–Crippen LogP) is 5.57. The van der Waals surface area contributed by atoms with Crippen molar-refractivity contribution in [2.45, 2.75) is 77.6 Å². The minimum atomic E-state index is 0.704. The van der Waals surface area contributed by atoms with Crippen LogP contribution in [0, 0.1) is 0 Å². The fourth-order valence-electron chi connectivity index (χ4n) is 2.54. The van der Waals surface area contributed by atoms with Crippen LogP contribution in [0.1, 0.15) is 83.2 Å². The normalized spacial score (nSPS) is 11.8. The van der Waals surface area contributed by atoms with Gasteiger partial charge in [-0.25, -0.2) is 0 Å². The molecule has 0 atom stereocenters. The zero-order chi connectivity index (χ0) is 15.2. The number of hydrogen-bond acceptors (Lipinski definition) is 3. The summed E-state index contributed by atoms with van der Waals surface area (Å²) in [6.45, 7) is 2.26. The van der Waals surface area contributed by atoms with Crippen molar-refractivity contribution in [1.29, 1.82) is 0 Å². The van der Waals surface area contributed by atoms with Crippen molar-refractivity contribution >= 4 is 5.71 Å². The summed E-state index contributed by atoms with van der Waals surface area (Å²) in [5, 5.41) is 12.5. The molecule has 0 aliphatic carbocycles. The van der Waals surface area contributed by atoms with Gasteiger partial charge in [-0.05, 0) is 25.0 Å². The van der Waals surface area contributed by atoms with Gasteiger partial charge < -0.3 is 5.21 Å². The number of hydrogen-bond donors (Lipinski definition) is 1. The van der Waals surface area contributed by atoms with Crippen molar-refractivity contribution in [3.8, 4) is 0 Å². The van der Waals surface area contributed by atoms with Gasteiger partial charge >= 0.3 is 0 Å². The highest BCUT2D eigenvalue weighted by atomic mass is 16.4. The lowest BCUT2D eigenvalue weighted by atomic mass is 10.0. The van der Waals surface area contributed by atoms with Crippen LogP contribution in [0.5, 0.6) is 0 Å². The molecule has 0 fully saturated rings. The van der Waals surface area contributed by atoms with Crippen molar-refractivity contribution in [3.63, 3.8) is 0 Å². The molecule has 0 aromatic carbocycles. The Labute approximate surface area is 129 Å². The number of aromatic nitrogens is 1. The maximum absolute atomic E-state index is 9.07. The molecule has 0 amide bonds. The van der Waals surface area contributed by atoms with E-state index in [9.17, 15) is 0 Å². The third-order valence-corrected chi connectivity index (χ3v) is 3.85. The Hall–Kier alpha value is -1.38. The summed E-state index contributed by atoms with van der Waals surface area (Å²) in [7, 11) is 0. The zero-order valence-corrected chi connectivity index (χ0v) is 13.4. The Morgan fingerprint density at radius 3 is 2.10 bits per heavy atom. The van der Waals surface area contributed by atoms with Crippen LogP contribution in [0.15, 0.2) is 29.6 Å². The molecule has 1 heterocycles. The van der Waals surface area contributed by atoms with E-state index in [0.717, 1.165) is 18.5 Å². The molecule has 118 valence electrons. The molecule has 0 unspecified atom stereocenters. The third-order valence-electron chi connectivity index (χ3n) is 3.85. The van der Waals surface area contributed by atoms with Crippen molar-refractivity contribution in [3.05, 3.63) is 30.1 Å². The molecular formula is C18H30N2O. The number of nitrogens with zero attached hydrogens (tertiary/aromatic N) is 2. The second kappa shape index (κ2) is 12.4. The minimum absolute atomic E-state index is 0.704. The Morgan fingerprint density at radius 2 is 1.57 bits per heavy atom. The molecule has 0 saturated heterocycles. The maximum Gasteiger partial charge on any atom is 0.105 e. The number of oxime groups is 1. The number of unbranched alkanes of at least 4 members (excludes halogenated alkanes) is 9. The topological polar surface area (TPSA) is 45.5 Å². The standard InChI is InChI=1S/C18H30N2O/c1-2-3-4-5-6-7-8-9-10-11-15-18(20-21)17-14-12-13-16-19-17/h12-14,16,21H,2-11,15H2,1H3/b20-18-. The lowest BCUT2D eigenvalue weighted by Crippen LogP contribution is -2.03. The van der Waals surface area contributed by atoms with Crippen LogP contribution in [-0.2, 0) is 0 Å². The van der Waals surface area contributed by atoms with E-state index in [1.54, 1.807) is 6.20 Å². The highest BCUT2D eigenvalue weighted by molar-refractivity contribution is 5.98. The average Bonchev–Trinajstić information content (AvgIpc) is 2.54. The fraction of sp³-hybridized carbons (Fsp3) is 0.667. The molecule has 1 rings (SSSR count). The van der Waals surface area contributed by atoms with E-state index in [-0.39, 0.29) is 0 Å². The number of rotatable bonds is 12. The van der Waals surface area contributed by atoms with Crippen LogP contribution >= 0.6 is 0 Å². The first kappa shape index (κ1) is 17.7. The molecule has 3 nitrogen and oxygen atoms in total. The molecule has 3 heteroatoms. The smallest absolute Gasteiger partial charge is 0.105 e. The first-order valence-electron chi connectivity index (χ1n) is 8.50. The molecule has 21 heavy (non-hydrogen) atoms. The van der Waals surface area contributed by atoms with Crippen LogP contribution in [0.4, 0.5) is 0 Å². The molecule has 0 radical (unpaired) electrons. The summed E-state index contributed by atoms with van der Waals surface area (Å²) >= 11 is 0. The summed E-state index contributed by atoms with van der Waals surface area (Å²) in [4.78, 5) is 4.22. The second-order valence-corrected chi connectivity index (χ2v) is 5.69. The first-order valence-corrected chi connectivity index (χ1v) is 8.50. The monoisotopic (exact) mass is 290 g/mol. The van der Waals surface area contributed by atoms with E-state index < -0.39 is 0 Å². The summed E-state index contributed by atoms with van der Waals surface area (Å²) in [5.74, 6) is 0. The van der Waals surface area contributed by atoms with Gasteiger partial charge in [0.2, 0.25) is 0 Å². The van der Waals surface area contributed by atoms with Crippen molar-refractivity contribution in [2.24, 2.45) is 5.16 Å². The van der Waals surface area contributed by atoms with Crippen LogP contribution in [0.3, 0.4) is 0 Å². The largest absolute Gasteiger partial charge is 0.411 e. The SMILES string of the molecule is CCCCCCCCCCCC/C(=N/O)c1ccccn1. The Bertz CT molecular complexity index is 376. The van der Waals surface area contributed by atoms with Crippen LogP contribution < -0.4 is 0 Å². The van der Waals surface area contributed by atoms with Gasteiger partial charge in [0.05, 0.1) is 5.69 Å². The van der Waals surface area contributed by atoms with Gasteiger partial charge in [-0.3, -0.25) is 4.98 Å². The molecule has 0 bridgehead atoms. The summed E-state index contributed by atoms with van der Waals surface area (Å²) in [6.07, 6.45) is 15.7. The van der Waals surface area contributed by atoms with E-state index in [4.69, 9.17) is 5.21 Å². The van der Waals surface area contributed by atoms with E-state index in [2.05, 4.69) is 17.1 Å².